The second-order valence-electron chi connectivity index (χ2n) is 5.49. The van der Waals surface area contributed by atoms with Crippen molar-refractivity contribution in [3.8, 4) is 0 Å². The fraction of sp³-hybridized carbons (Fsp3) is 0.200. The van der Waals surface area contributed by atoms with E-state index in [0.717, 1.165) is 5.56 Å². The molecule has 2 aromatic carbocycles. The summed E-state index contributed by atoms with van der Waals surface area (Å²) < 4.78 is 49.9. The summed E-state index contributed by atoms with van der Waals surface area (Å²) in [6.45, 7) is 0.377. The first-order valence-electron chi connectivity index (χ1n) is 7.09. The minimum absolute atomic E-state index is 0.0294. The summed E-state index contributed by atoms with van der Waals surface area (Å²) in [4.78, 5) is 0.0101. The Morgan fingerprint density at radius 3 is 2.38 bits per heavy atom. The molecule has 0 bridgehead atoms. The number of halogens is 1. The van der Waals surface area contributed by atoms with Crippen LogP contribution in [0.15, 0.2) is 52.3 Å². The molecule has 3 rings (SSSR count). The predicted molar refractivity (Wildman–Crippen MR) is 90.6 cm³/mol. The molecule has 9 heteroatoms. The van der Waals surface area contributed by atoms with Crippen LogP contribution in [0.2, 0.25) is 5.02 Å². The van der Waals surface area contributed by atoms with Gasteiger partial charge in [0, 0.05) is 13.1 Å². The van der Waals surface area contributed by atoms with Gasteiger partial charge in [-0.2, -0.15) is 4.31 Å². The van der Waals surface area contributed by atoms with Gasteiger partial charge in [-0.3, -0.25) is 0 Å². The molecular formula is C15H15ClN2O4S2. The fourth-order valence-corrected chi connectivity index (χ4v) is 5.16. The number of nitrogens with zero attached hydrogens (tertiary/aromatic N) is 1. The van der Waals surface area contributed by atoms with Crippen LogP contribution < -0.4 is 5.14 Å². The summed E-state index contributed by atoms with van der Waals surface area (Å²) >= 11 is 6.01. The van der Waals surface area contributed by atoms with Crippen LogP contribution in [0.3, 0.4) is 0 Å². The molecule has 0 unspecified atom stereocenters. The van der Waals surface area contributed by atoms with Gasteiger partial charge in [0.05, 0.1) is 9.92 Å². The zero-order chi connectivity index (χ0) is 17.5. The van der Waals surface area contributed by atoms with Gasteiger partial charge in [-0.05, 0) is 41.8 Å². The summed E-state index contributed by atoms with van der Waals surface area (Å²) in [7, 11) is -7.60. The molecule has 1 aliphatic heterocycles. The fourth-order valence-electron chi connectivity index (χ4n) is 2.68. The Bertz CT molecular complexity index is 1000. The second kappa shape index (κ2) is 6.12. The van der Waals surface area contributed by atoms with Gasteiger partial charge in [0.15, 0.2) is 0 Å². The van der Waals surface area contributed by atoms with Gasteiger partial charge in [0.1, 0.15) is 4.90 Å². The Morgan fingerprint density at radius 2 is 1.71 bits per heavy atom. The quantitative estimate of drug-likeness (QED) is 0.868. The van der Waals surface area contributed by atoms with Crippen LogP contribution in [0, 0.1) is 0 Å². The Kier molecular flexibility index (Phi) is 4.43. The SMILES string of the molecule is NS(=O)(=O)c1ccc2c(c1)CN(S(=O)(=O)c1ccccc1Cl)CC2. The number of hydrogen-bond acceptors (Lipinski definition) is 4. The predicted octanol–water partition coefficient (Wildman–Crippen LogP) is 1.73. The number of hydrogen-bond donors (Lipinski definition) is 1. The Labute approximate surface area is 146 Å². The van der Waals surface area contributed by atoms with E-state index in [2.05, 4.69) is 0 Å². The van der Waals surface area contributed by atoms with E-state index in [9.17, 15) is 16.8 Å². The smallest absolute Gasteiger partial charge is 0.225 e. The lowest BCUT2D eigenvalue weighted by Crippen LogP contribution is -2.36. The monoisotopic (exact) mass is 386 g/mol. The normalized spacial score (nSPS) is 15.9. The van der Waals surface area contributed by atoms with Gasteiger partial charge in [-0.25, -0.2) is 22.0 Å². The highest BCUT2D eigenvalue weighted by Gasteiger charge is 2.30. The molecule has 0 fully saturated rings. The van der Waals surface area contributed by atoms with Gasteiger partial charge >= 0.3 is 0 Å². The minimum atomic E-state index is -3.84. The van der Waals surface area contributed by atoms with Gasteiger partial charge in [0.2, 0.25) is 20.0 Å². The van der Waals surface area contributed by atoms with E-state index in [1.165, 1.54) is 28.6 Å². The van der Waals surface area contributed by atoms with Gasteiger partial charge < -0.3 is 0 Å². The molecule has 2 aromatic rings. The lowest BCUT2D eigenvalue weighted by Gasteiger charge is -2.28. The summed E-state index contributed by atoms with van der Waals surface area (Å²) in [5, 5.41) is 5.30. The number of nitrogens with two attached hydrogens (primary N) is 1. The molecule has 1 heterocycles. The molecule has 24 heavy (non-hydrogen) atoms. The maximum absolute atomic E-state index is 12.8. The molecule has 0 spiro atoms. The average molecular weight is 387 g/mol. The number of rotatable bonds is 3. The van der Waals surface area contributed by atoms with Gasteiger partial charge in [-0.15, -0.1) is 0 Å². The molecule has 0 saturated heterocycles. The van der Waals surface area contributed by atoms with Gasteiger partial charge in [0.25, 0.3) is 0 Å². The van der Waals surface area contributed by atoms with Crippen molar-refractivity contribution >= 4 is 31.6 Å². The lowest BCUT2D eigenvalue weighted by molar-refractivity contribution is 0.391. The lowest BCUT2D eigenvalue weighted by atomic mass is 10.0. The highest BCUT2D eigenvalue weighted by molar-refractivity contribution is 7.89. The molecular weight excluding hydrogens is 372 g/mol. The van der Waals surface area contributed by atoms with Crippen molar-refractivity contribution in [2.24, 2.45) is 5.14 Å². The minimum Gasteiger partial charge on any atom is -0.225 e. The molecule has 0 atom stereocenters. The third-order valence-corrected chi connectivity index (χ3v) is 7.19. The van der Waals surface area contributed by atoms with E-state index in [0.29, 0.717) is 18.5 Å². The van der Waals surface area contributed by atoms with Crippen LogP contribution in [0.5, 0.6) is 0 Å². The molecule has 1 aliphatic rings. The van der Waals surface area contributed by atoms with E-state index < -0.39 is 20.0 Å². The first-order chi connectivity index (χ1) is 11.2. The van der Waals surface area contributed by atoms with Crippen molar-refractivity contribution in [3.63, 3.8) is 0 Å². The summed E-state index contributed by atoms with van der Waals surface area (Å²) in [6.07, 6.45) is 0.490. The molecule has 0 saturated carbocycles. The van der Waals surface area contributed by atoms with Crippen molar-refractivity contribution in [2.75, 3.05) is 6.54 Å². The molecule has 0 aromatic heterocycles. The van der Waals surface area contributed by atoms with Crippen molar-refractivity contribution < 1.29 is 16.8 Å². The zero-order valence-corrected chi connectivity index (χ0v) is 14.9. The number of primary sulfonamides is 1. The molecule has 6 nitrogen and oxygen atoms in total. The Morgan fingerprint density at radius 1 is 1.00 bits per heavy atom. The van der Waals surface area contributed by atoms with Crippen molar-refractivity contribution in [1.29, 1.82) is 0 Å². The molecule has 0 amide bonds. The maximum Gasteiger partial charge on any atom is 0.244 e. The number of benzene rings is 2. The summed E-state index contributed by atoms with van der Waals surface area (Å²) in [5.74, 6) is 0. The largest absolute Gasteiger partial charge is 0.244 e. The first kappa shape index (κ1) is 17.4. The Hall–Kier alpha value is -1.45. The topological polar surface area (TPSA) is 97.5 Å². The molecule has 0 aliphatic carbocycles. The summed E-state index contributed by atoms with van der Waals surface area (Å²) in [6, 6.07) is 10.8. The maximum atomic E-state index is 12.8. The highest BCUT2D eigenvalue weighted by Crippen LogP contribution is 2.29. The number of sulfonamides is 2. The third-order valence-electron chi connectivity index (χ3n) is 3.94. The molecule has 128 valence electrons. The van der Waals surface area contributed by atoms with E-state index in [4.69, 9.17) is 16.7 Å². The zero-order valence-electron chi connectivity index (χ0n) is 12.5. The highest BCUT2D eigenvalue weighted by atomic mass is 35.5. The van der Waals surface area contributed by atoms with Crippen LogP contribution >= 0.6 is 11.6 Å². The van der Waals surface area contributed by atoms with Crippen molar-refractivity contribution in [1.82, 2.24) is 4.31 Å². The van der Waals surface area contributed by atoms with E-state index in [1.807, 2.05) is 0 Å². The standard InChI is InChI=1S/C15H15ClN2O4S2/c16-14-3-1-2-4-15(14)24(21,22)18-8-7-11-5-6-13(23(17,19)20)9-12(11)10-18/h1-6,9H,7-8,10H2,(H2,17,19,20). The summed E-state index contributed by atoms with van der Waals surface area (Å²) in [5.41, 5.74) is 1.54. The van der Waals surface area contributed by atoms with Crippen LogP contribution in [-0.2, 0) is 33.0 Å². The van der Waals surface area contributed by atoms with E-state index >= 15 is 0 Å². The second-order valence-corrected chi connectivity index (χ2v) is 9.37. The molecule has 2 N–H and O–H groups in total. The van der Waals surface area contributed by atoms with Crippen LogP contribution in [-0.4, -0.2) is 27.7 Å². The Balaban J connectivity index is 1.99. The third kappa shape index (κ3) is 3.20. The van der Waals surface area contributed by atoms with Crippen molar-refractivity contribution in [2.45, 2.75) is 22.8 Å². The number of fused-ring (bicyclic) bond motifs is 1. The van der Waals surface area contributed by atoms with E-state index in [-0.39, 0.29) is 21.4 Å². The van der Waals surface area contributed by atoms with Crippen LogP contribution in [0.25, 0.3) is 0 Å². The molecule has 0 radical (unpaired) electrons. The van der Waals surface area contributed by atoms with Crippen LogP contribution in [0.1, 0.15) is 11.1 Å². The average Bonchev–Trinajstić information content (AvgIpc) is 2.53. The van der Waals surface area contributed by atoms with E-state index in [1.54, 1.807) is 18.2 Å². The van der Waals surface area contributed by atoms with Crippen LogP contribution in [0.4, 0.5) is 0 Å². The first-order valence-corrected chi connectivity index (χ1v) is 10.5. The van der Waals surface area contributed by atoms with Gasteiger partial charge in [-0.1, -0.05) is 29.8 Å². The van der Waals surface area contributed by atoms with Crippen molar-refractivity contribution in [3.05, 3.63) is 58.6 Å².